The molecule has 0 atom stereocenters. The fourth-order valence-corrected chi connectivity index (χ4v) is 4.63. The van der Waals surface area contributed by atoms with E-state index in [1.54, 1.807) is 31.3 Å². The molecule has 186 valence electrons. The van der Waals surface area contributed by atoms with Gasteiger partial charge >= 0.3 is 0 Å². The van der Waals surface area contributed by atoms with Gasteiger partial charge < -0.3 is 9.30 Å². The molecule has 0 radical (unpaired) electrons. The Morgan fingerprint density at radius 1 is 1.00 bits per heavy atom. The monoisotopic (exact) mass is 558 g/mol. The first-order valence-electron chi connectivity index (χ1n) is 11.7. The molecule has 0 aliphatic rings. The molecule has 0 saturated heterocycles. The predicted octanol–water partition coefficient (Wildman–Crippen LogP) is 6.48. The number of nitrogens with zero attached hydrogens (tertiary/aromatic N) is 4. The van der Waals surface area contributed by atoms with Crippen LogP contribution in [0.15, 0.2) is 87.2 Å². The van der Waals surface area contributed by atoms with Gasteiger partial charge in [0.15, 0.2) is 0 Å². The molecule has 0 saturated carbocycles. The van der Waals surface area contributed by atoms with Crippen LogP contribution in [0.1, 0.15) is 28.3 Å². The van der Waals surface area contributed by atoms with Crippen molar-refractivity contribution in [3.8, 4) is 11.4 Å². The van der Waals surface area contributed by atoms with Gasteiger partial charge in [-0.15, -0.1) is 0 Å². The Hall–Kier alpha value is -4.04. The molecule has 6 nitrogen and oxygen atoms in total. The number of hydrogen-bond donors (Lipinski definition) is 0. The maximum absolute atomic E-state index is 13.1. The molecule has 2 heterocycles. The summed E-state index contributed by atoms with van der Waals surface area (Å²) in [7, 11) is 0. The molecular weight excluding hydrogens is 535 g/mol. The number of aromatic nitrogens is 3. The van der Waals surface area contributed by atoms with Crippen LogP contribution in [0.2, 0.25) is 0 Å². The zero-order valence-electron chi connectivity index (χ0n) is 20.6. The maximum atomic E-state index is 13.1. The first-order valence-corrected chi connectivity index (χ1v) is 12.5. The molecule has 0 aliphatic carbocycles. The second-order valence-corrected chi connectivity index (χ2v) is 9.67. The summed E-state index contributed by atoms with van der Waals surface area (Å²) >= 11 is 3.42. The van der Waals surface area contributed by atoms with Crippen molar-refractivity contribution < 1.29 is 9.13 Å². The second-order valence-electron chi connectivity index (χ2n) is 8.75. The quantitative estimate of drug-likeness (QED) is 0.224. The summed E-state index contributed by atoms with van der Waals surface area (Å²) in [5, 5.41) is 4.99. The van der Waals surface area contributed by atoms with Crippen molar-refractivity contribution in [1.29, 1.82) is 0 Å². The number of fused-ring (bicyclic) bond motifs is 1. The Bertz CT molecular complexity index is 1690. The largest absolute Gasteiger partial charge is 0.489 e. The highest BCUT2D eigenvalue weighted by Gasteiger charge is 2.12. The summed E-state index contributed by atoms with van der Waals surface area (Å²) in [6.07, 6.45) is 1.69. The van der Waals surface area contributed by atoms with Crippen LogP contribution in [0, 0.1) is 26.6 Å². The minimum Gasteiger partial charge on any atom is -0.489 e. The van der Waals surface area contributed by atoms with Gasteiger partial charge in [0.1, 0.15) is 24.0 Å². The van der Waals surface area contributed by atoms with Crippen molar-refractivity contribution >= 4 is 33.0 Å². The van der Waals surface area contributed by atoms with Gasteiger partial charge in [-0.2, -0.15) is 9.78 Å². The smallest absolute Gasteiger partial charge is 0.282 e. The van der Waals surface area contributed by atoms with Gasteiger partial charge in [0, 0.05) is 27.1 Å². The van der Waals surface area contributed by atoms with Crippen molar-refractivity contribution in [3.05, 3.63) is 122 Å². The molecule has 3 aromatic carbocycles. The minimum atomic E-state index is -0.264. The van der Waals surface area contributed by atoms with Crippen molar-refractivity contribution in [2.24, 2.45) is 5.10 Å². The molecule has 0 unspecified atom stereocenters. The third kappa shape index (κ3) is 5.11. The fourth-order valence-electron chi connectivity index (χ4n) is 4.27. The molecule has 2 aromatic heterocycles. The topological polar surface area (TPSA) is 61.4 Å². The van der Waals surface area contributed by atoms with Crippen molar-refractivity contribution in [1.82, 2.24) is 14.2 Å². The number of ether oxygens (including phenoxy) is 1. The van der Waals surface area contributed by atoms with Gasteiger partial charge in [0.25, 0.3) is 5.56 Å². The molecular formula is C29H24BrFN4O2. The SMILES string of the molecule is Cc1cc(C=Nn2c(C)nc3ccc(Br)cc3c2=O)c(C)n1-c1ccc(OCc2ccc(F)cc2)cc1. The van der Waals surface area contributed by atoms with Crippen LogP contribution < -0.4 is 10.3 Å². The van der Waals surface area contributed by atoms with Crippen LogP contribution in [0.4, 0.5) is 4.39 Å². The van der Waals surface area contributed by atoms with Gasteiger partial charge in [-0.25, -0.2) is 9.37 Å². The second kappa shape index (κ2) is 10.1. The minimum absolute atomic E-state index is 0.218. The average Bonchev–Trinajstić information content (AvgIpc) is 3.17. The standard InChI is InChI=1S/C29H24BrFN4O2/c1-18-14-22(16-32-35-20(3)33-28-13-6-23(30)15-27(28)29(35)36)19(2)34(18)25-9-11-26(12-10-25)37-17-21-4-7-24(31)8-5-21/h4-16H,17H2,1-3H3. The van der Waals surface area contributed by atoms with Gasteiger partial charge in [-0.05, 0) is 87.0 Å². The van der Waals surface area contributed by atoms with Gasteiger partial charge in [0.05, 0.1) is 17.1 Å². The molecule has 0 aliphatic heterocycles. The lowest BCUT2D eigenvalue weighted by Crippen LogP contribution is -2.20. The third-order valence-electron chi connectivity index (χ3n) is 6.17. The van der Waals surface area contributed by atoms with Crippen molar-refractivity contribution in [2.45, 2.75) is 27.4 Å². The van der Waals surface area contributed by atoms with Crippen LogP contribution in [0.3, 0.4) is 0 Å². The average molecular weight is 559 g/mol. The molecule has 0 spiro atoms. The molecule has 0 N–H and O–H groups in total. The highest BCUT2D eigenvalue weighted by atomic mass is 79.9. The maximum Gasteiger partial charge on any atom is 0.282 e. The van der Waals surface area contributed by atoms with Crippen LogP contribution in [-0.4, -0.2) is 20.4 Å². The first kappa shape index (κ1) is 24.6. The molecule has 8 heteroatoms. The van der Waals surface area contributed by atoms with E-state index in [1.165, 1.54) is 16.8 Å². The van der Waals surface area contributed by atoms with Crippen LogP contribution in [0.5, 0.6) is 5.75 Å². The summed E-state index contributed by atoms with van der Waals surface area (Å²) in [4.78, 5) is 17.6. The summed E-state index contributed by atoms with van der Waals surface area (Å²) in [6, 6.07) is 21.5. The summed E-state index contributed by atoms with van der Waals surface area (Å²) in [6.45, 7) is 6.17. The lowest BCUT2D eigenvalue weighted by molar-refractivity contribution is 0.306. The molecule has 0 amide bonds. The van der Waals surface area contributed by atoms with E-state index in [0.29, 0.717) is 23.3 Å². The molecule has 5 aromatic rings. The van der Waals surface area contributed by atoms with Gasteiger partial charge in [-0.1, -0.05) is 28.1 Å². The Balaban J connectivity index is 1.38. The van der Waals surface area contributed by atoms with Crippen LogP contribution in [-0.2, 0) is 6.61 Å². The number of halogens is 2. The van der Waals surface area contributed by atoms with E-state index in [4.69, 9.17) is 4.74 Å². The van der Waals surface area contributed by atoms with Gasteiger partial charge in [0.2, 0.25) is 0 Å². The number of rotatable bonds is 6. The number of aryl methyl sites for hydroxylation is 2. The zero-order chi connectivity index (χ0) is 26.1. The van der Waals surface area contributed by atoms with E-state index in [2.05, 4.69) is 30.6 Å². The lowest BCUT2D eigenvalue weighted by Gasteiger charge is -2.11. The molecule has 0 bridgehead atoms. The summed E-state index contributed by atoms with van der Waals surface area (Å²) < 4.78 is 23.2. The highest BCUT2D eigenvalue weighted by Crippen LogP contribution is 2.23. The van der Waals surface area contributed by atoms with E-state index in [-0.39, 0.29) is 11.4 Å². The zero-order valence-corrected chi connectivity index (χ0v) is 22.2. The molecule has 5 rings (SSSR count). The Morgan fingerprint density at radius 2 is 1.73 bits per heavy atom. The Morgan fingerprint density at radius 3 is 2.46 bits per heavy atom. The lowest BCUT2D eigenvalue weighted by atomic mass is 10.2. The predicted molar refractivity (Wildman–Crippen MR) is 147 cm³/mol. The van der Waals surface area contributed by atoms with E-state index in [9.17, 15) is 9.18 Å². The number of benzene rings is 3. The number of hydrogen-bond acceptors (Lipinski definition) is 4. The van der Waals surface area contributed by atoms with E-state index >= 15 is 0 Å². The van der Waals surface area contributed by atoms with Gasteiger partial charge in [-0.3, -0.25) is 4.79 Å². The highest BCUT2D eigenvalue weighted by molar-refractivity contribution is 9.10. The van der Waals surface area contributed by atoms with E-state index in [0.717, 1.165) is 38.4 Å². The fraction of sp³-hybridized carbons (Fsp3) is 0.138. The summed E-state index contributed by atoms with van der Waals surface area (Å²) in [5.74, 6) is 0.975. The van der Waals surface area contributed by atoms with E-state index in [1.807, 2.05) is 56.3 Å². The normalized spacial score (nSPS) is 11.5. The molecule has 37 heavy (non-hydrogen) atoms. The van der Waals surface area contributed by atoms with Crippen molar-refractivity contribution in [2.75, 3.05) is 0 Å². The van der Waals surface area contributed by atoms with Crippen LogP contribution >= 0.6 is 15.9 Å². The first-order chi connectivity index (χ1) is 17.8. The Labute approximate surface area is 221 Å². The van der Waals surface area contributed by atoms with E-state index < -0.39 is 0 Å². The van der Waals surface area contributed by atoms with Crippen molar-refractivity contribution in [3.63, 3.8) is 0 Å². The Kier molecular flexibility index (Phi) is 6.76. The third-order valence-corrected chi connectivity index (χ3v) is 6.66. The molecule has 0 fully saturated rings. The van der Waals surface area contributed by atoms with Crippen LogP contribution in [0.25, 0.3) is 16.6 Å². The summed E-state index contributed by atoms with van der Waals surface area (Å²) in [5.41, 5.74) is 5.22.